The van der Waals surface area contributed by atoms with E-state index in [2.05, 4.69) is 71.1 Å². The third-order valence-corrected chi connectivity index (χ3v) is 5.20. The van der Waals surface area contributed by atoms with Gasteiger partial charge in [0.05, 0.1) is 6.20 Å². The molecule has 0 bridgehead atoms. The number of hydrogen-bond donors (Lipinski definition) is 1. The van der Waals surface area contributed by atoms with Gasteiger partial charge in [-0.1, -0.05) is 78.9 Å². The molecule has 4 heteroatoms. The largest absolute Gasteiger partial charge is 0.309 e. The summed E-state index contributed by atoms with van der Waals surface area (Å²) >= 11 is 0. The summed E-state index contributed by atoms with van der Waals surface area (Å²) in [6.45, 7) is 1.67. The van der Waals surface area contributed by atoms with Gasteiger partial charge in [-0.2, -0.15) is 5.10 Å². The maximum atomic E-state index is 4.71. The summed E-state index contributed by atoms with van der Waals surface area (Å²) in [5.74, 6) is 0. The zero-order valence-electron chi connectivity index (χ0n) is 16.6. The minimum Gasteiger partial charge on any atom is -0.309 e. The number of fused-ring (bicyclic) bond motifs is 1. The molecule has 0 aliphatic carbocycles. The lowest BCUT2D eigenvalue weighted by atomic mass is 10.1. The molecule has 2 aromatic heterocycles. The first kappa shape index (κ1) is 18.3. The summed E-state index contributed by atoms with van der Waals surface area (Å²) in [7, 11) is 0. The predicted octanol–water partition coefficient (Wildman–Crippen LogP) is 5.35. The third-order valence-electron chi connectivity index (χ3n) is 5.20. The van der Waals surface area contributed by atoms with Crippen molar-refractivity contribution < 1.29 is 0 Å². The van der Waals surface area contributed by atoms with Crippen LogP contribution in [-0.4, -0.2) is 14.6 Å². The van der Waals surface area contributed by atoms with Crippen LogP contribution in [0.1, 0.15) is 11.1 Å². The zero-order valence-corrected chi connectivity index (χ0v) is 16.6. The molecular formula is C26H22N4. The van der Waals surface area contributed by atoms with Crippen molar-refractivity contribution in [2.75, 3.05) is 0 Å². The van der Waals surface area contributed by atoms with Crippen LogP contribution in [0.5, 0.6) is 0 Å². The van der Waals surface area contributed by atoms with Crippen molar-refractivity contribution in [1.82, 2.24) is 19.9 Å². The fraction of sp³-hybridized carbons (Fsp3) is 0.0769. The summed E-state index contributed by atoms with van der Waals surface area (Å²) in [6.07, 6.45) is 5.86. The van der Waals surface area contributed by atoms with E-state index in [1.165, 1.54) is 11.1 Å². The lowest BCUT2D eigenvalue weighted by Gasteiger charge is -2.08. The van der Waals surface area contributed by atoms with Crippen LogP contribution >= 0.6 is 0 Å². The Morgan fingerprint density at radius 3 is 2.20 bits per heavy atom. The maximum Gasteiger partial charge on any atom is 0.162 e. The van der Waals surface area contributed by atoms with Gasteiger partial charge in [0.25, 0.3) is 0 Å². The molecule has 0 radical (unpaired) electrons. The number of benzene rings is 3. The Bertz CT molecular complexity index is 1260. The van der Waals surface area contributed by atoms with Crippen molar-refractivity contribution in [2.24, 2.45) is 0 Å². The molecule has 0 amide bonds. The van der Waals surface area contributed by atoms with Gasteiger partial charge in [0.1, 0.15) is 0 Å². The second-order valence-corrected chi connectivity index (χ2v) is 7.32. The van der Waals surface area contributed by atoms with E-state index in [4.69, 9.17) is 4.98 Å². The molecule has 0 saturated carbocycles. The normalized spacial score (nSPS) is 11.1. The zero-order chi connectivity index (χ0) is 20.2. The molecule has 0 fully saturated rings. The van der Waals surface area contributed by atoms with Crippen molar-refractivity contribution in [3.63, 3.8) is 0 Å². The Hall–Kier alpha value is -3.76. The smallest absolute Gasteiger partial charge is 0.162 e. The monoisotopic (exact) mass is 390 g/mol. The molecule has 0 aliphatic rings. The molecule has 5 rings (SSSR count). The Morgan fingerprint density at radius 2 is 1.37 bits per heavy atom. The van der Waals surface area contributed by atoms with Crippen LogP contribution in [0.25, 0.3) is 27.9 Å². The molecular weight excluding hydrogens is 368 g/mol. The molecule has 3 aromatic carbocycles. The maximum absolute atomic E-state index is 4.71. The quantitative estimate of drug-likeness (QED) is 0.425. The van der Waals surface area contributed by atoms with Gasteiger partial charge >= 0.3 is 0 Å². The number of rotatable bonds is 6. The first-order valence-corrected chi connectivity index (χ1v) is 10.1. The molecule has 0 atom stereocenters. The standard InChI is InChI=1S/C26H22N4/c1-3-8-20(9-4-1)15-27-16-21-10-7-13-23(14-21)24-17-28-26-25(18-29-30(26)19-24)22-11-5-2-6-12-22/h1-14,17-19,27H,15-16H2. The van der Waals surface area contributed by atoms with Gasteiger partial charge < -0.3 is 5.32 Å². The number of aromatic nitrogens is 3. The Balaban J connectivity index is 1.36. The molecule has 2 heterocycles. The topological polar surface area (TPSA) is 42.2 Å². The Kier molecular flexibility index (Phi) is 5.06. The highest BCUT2D eigenvalue weighted by atomic mass is 15.2. The third kappa shape index (κ3) is 3.86. The van der Waals surface area contributed by atoms with E-state index in [0.29, 0.717) is 0 Å². The van der Waals surface area contributed by atoms with Crippen LogP contribution < -0.4 is 5.32 Å². The second-order valence-electron chi connectivity index (χ2n) is 7.32. The lowest BCUT2D eigenvalue weighted by Crippen LogP contribution is -2.12. The van der Waals surface area contributed by atoms with Crippen molar-refractivity contribution in [1.29, 1.82) is 0 Å². The van der Waals surface area contributed by atoms with Crippen LogP contribution in [0.4, 0.5) is 0 Å². The Labute approximate surface area is 175 Å². The van der Waals surface area contributed by atoms with E-state index in [9.17, 15) is 0 Å². The fourth-order valence-electron chi connectivity index (χ4n) is 3.65. The number of hydrogen-bond acceptors (Lipinski definition) is 3. The average Bonchev–Trinajstić information content (AvgIpc) is 3.24. The Morgan fingerprint density at radius 1 is 0.667 bits per heavy atom. The van der Waals surface area contributed by atoms with Gasteiger partial charge in [0.15, 0.2) is 5.65 Å². The van der Waals surface area contributed by atoms with Crippen LogP contribution in [-0.2, 0) is 13.1 Å². The van der Waals surface area contributed by atoms with E-state index in [1.54, 1.807) is 0 Å². The molecule has 5 aromatic rings. The molecule has 0 saturated heterocycles. The van der Waals surface area contributed by atoms with Gasteiger partial charge in [0, 0.05) is 36.6 Å². The minimum atomic E-state index is 0.818. The van der Waals surface area contributed by atoms with Gasteiger partial charge in [0.2, 0.25) is 0 Å². The summed E-state index contributed by atoms with van der Waals surface area (Å²) < 4.78 is 1.86. The van der Waals surface area contributed by atoms with E-state index in [-0.39, 0.29) is 0 Å². The molecule has 4 nitrogen and oxygen atoms in total. The van der Waals surface area contributed by atoms with Gasteiger partial charge in [-0.05, 0) is 28.3 Å². The van der Waals surface area contributed by atoms with E-state index in [0.717, 1.165) is 41.0 Å². The van der Waals surface area contributed by atoms with E-state index in [1.807, 2.05) is 47.4 Å². The van der Waals surface area contributed by atoms with Crippen LogP contribution in [0.2, 0.25) is 0 Å². The average molecular weight is 390 g/mol. The number of nitrogens with one attached hydrogen (secondary N) is 1. The van der Waals surface area contributed by atoms with Crippen molar-refractivity contribution in [3.8, 4) is 22.3 Å². The fourth-order valence-corrected chi connectivity index (χ4v) is 3.65. The van der Waals surface area contributed by atoms with Gasteiger partial charge in [-0.25, -0.2) is 9.50 Å². The minimum absolute atomic E-state index is 0.818. The summed E-state index contributed by atoms with van der Waals surface area (Å²) in [6, 6.07) is 29.3. The first-order valence-electron chi connectivity index (χ1n) is 10.1. The molecule has 146 valence electrons. The molecule has 0 spiro atoms. The van der Waals surface area contributed by atoms with Gasteiger partial charge in [-0.3, -0.25) is 0 Å². The van der Waals surface area contributed by atoms with Gasteiger partial charge in [-0.15, -0.1) is 0 Å². The molecule has 30 heavy (non-hydrogen) atoms. The highest BCUT2D eigenvalue weighted by Crippen LogP contribution is 2.25. The molecule has 0 unspecified atom stereocenters. The second kappa shape index (κ2) is 8.31. The van der Waals surface area contributed by atoms with E-state index < -0.39 is 0 Å². The summed E-state index contributed by atoms with van der Waals surface area (Å²) in [5.41, 5.74) is 7.76. The number of nitrogens with zero attached hydrogens (tertiary/aromatic N) is 3. The summed E-state index contributed by atoms with van der Waals surface area (Å²) in [4.78, 5) is 4.71. The predicted molar refractivity (Wildman–Crippen MR) is 121 cm³/mol. The van der Waals surface area contributed by atoms with Crippen molar-refractivity contribution in [3.05, 3.63) is 115 Å². The SMILES string of the molecule is c1ccc(CNCc2cccc(-c3cnc4c(-c5ccccc5)cnn4c3)c2)cc1. The van der Waals surface area contributed by atoms with Crippen LogP contribution in [0.15, 0.2) is 104 Å². The highest BCUT2D eigenvalue weighted by Gasteiger charge is 2.09. The van der Waals surface area contributed by atoms with E-state index >= 15 is 0 Å². The van der Waals surface area contributed by atoms with Crippen LogP contribution in [0, 0.1) is 0 Å². The van der Waals surface area contributed by atoms with Crippen LogP contribution in [0.3, 0.4) is 0 Å². The van der Waals surface area contributed by atoms with Crippen molar-refractivity contribution in [2.45, 2.75) is 13.1 Å². The lowest BCUT2D eigenvalue weighted by molar-refractivity contribution is 0.693. The van der Waals surface area contributed by atoms with Crippen molar-refractivity contribution >= 4 is 5.65 Å². The molecule has 0 aliphatic heterocycles. The first-order chi connectivity index (χ1) is 14.9. The highest BCUT2D eigenvalue weighted by molar-refractivity contribution is 5.77. The molecule has 1 N–H and O–H groups in total. The summed E-state index contributed by atoms with van der Waals surface area (Å²) in [5, 5.41) is 8.04.